The molecule has 16 heavy (non-hydrogen) atoms. The Morgan fingerprint density at radius 3 is 2.25 bits per heavy atom. The molecule has 0 aliphatic carbocycles. The van der Waals surface area contributed by atoms with Crippen molar-refractivity contribution in [2.75, 3.05) is 26.7 Å². The second-order valence-electron chi connectivity index (χ2n) is 3.99. The number of piperidine rings is 1. The number of methoxy groups -OCH3 is 1. The van der Waals surface area contributed by atoms with E-state index in [1.165, 1.54) is 7.11 Å². The number of ether oxygens (including phenoxy) is 1. The van der Waals surface area contributed by atoms with Gasteiger partial charge in [-0.15, -0.1) is 24.8 Å². The third kappa shape index (κ3) is 4.45. The van der Waals surface area contributed by atoms with Crippen LogP contribution in [0.4, 0.5) is 0 Å². The van der Waals surface area contributed by atoms with E-state index in [1.807, 2.05) is 0 Å². The number of likely N-dealkylation sites (tertiary alicyclic amines) is 1. The van der Waals surface area contributed by atoms with Crippen molar-refractivity contribution in [2.24, 2.45) is 5.73 Å². The van der Waals surface area contributed by atoms with Crippen molar-refractivity contribution in [2.45, 2.75) is 31.7 Å². The standard InChI is InChI=1S/C10H20N2O2.2ClH/c1-3-6-12-7-4-10(11,5-8-12)9(13)14-2;;/h3-8,11H2,1-2H3;2*1H. The fourth-order valence-electron chi connectivity index (χ4n) is 1.90. The van der Waals surface area contributed by atoms with Crippen molar-refractivity contribution >= 4 is 30.8 Å². The molecule has 1 heterocycles. The van der Waals surface area contributed by atoms with Gasteiger partial charge < -0.3 is 15.4 Å². The molecule has 0 unspecified atom stereocenters. The van der Waals surface area contributed by atoms with Gasteiger partial charge in [-0.1, -0.05) is 6.92 Å². The van der Waals surface area contributed by atoms with Crippen molar-refractivity contribution < 1.29 is 9.53 Å². The molecule has 1 aliphatic rings. The quantitative estimate of drug-likeness (QED) is 0.785. The number of hydrogen-bond donors (Lipinski definition) is 1. The molecular weight excluding hydrogens is 251 g/mol. The van der Waals surface area contributed by atoms with Crippen molar-refractivity contribution in [3.63, 3.8) is 0 Å². The van der Waals surface area contributed by atoms with Gasteiger partial charge >= 0.3 is 5.97 Å². The molecule has 0 amide bonds. The van der Waals surface area contributed by atoms with Crippen molar-refractivity contribution in [1.82, 2.24) is 4.90 Å². The molecule has 1 fully saturated rings. The number of rotatable bonds is 3. The first-order valence-electron chi connectivity index (χ1n) is 5.22. The van der Waals surface area contributed by atoms with Crippen LogP contribution in [0.15, 0.2) is 0 Å². The highest BCUT2D eigenvalue weighted by Crippen LogP contribution is 2.20. The lowest BCUT2D eigenvalue weighted by Gasteiger charge is -2.36. The van der Waals surface area contributed by atoms with E-state index in [9.17, 15) is 4.79 Å². The van der Waals surface area contributed by atoms with Crippen LogP contribution in [0.5, 0.6) is 0 Å². The first kappa shape index (κ1) is 18.3. The first-order valence-corrected chi connectivity index (χ1v) is 5.22. The summed E-state index contributed by atoms with van der Waals surface area (Å²) in [7, 11) is 1.40. The molecule has 0 bridgehead atoms. The Bertz CT molecular complexity index is 207. The van der Waals surface area contributed by atoms with Crippen LogP contribution in [-0.2, 0) is 9.53 Å². The highest BCUT2D eigenvalue weighted by Gasteiger charge is 2.38. The molecule has 0 spiro atoms. The van der Waals surface area contributed by atoms with Crippen LogP contribution in [0, 0.1) is 0 Å². The summed E-state index contributed by atoms with van der Waals surface area (Å²) in [5.41, 5.74) is 5.23. The molecule has 6 heteroatoms. The van der Waals surface area contributed by atoms with E-state index < -0.39 is 5.54 Å². The highest BCUT2D eigenvalue weighted by molar-refractivity contribution is 5.85. The van der Waals surface area contributed by atoms with Crippen LogP contribution in [0.25, 0.3) is 0 Å². The third-order valence-corrected chi connectivity index (χ3v) is 2.88. The Morgan fingerprint density at radius 1 is 1.38 bits per heavy atom. The molecule has 0 aromatic heterocycles. The average Bonchev–Trinajstić information content (AvgIpc) is 2.21. The maximum absolute atomic E-state index is 11.4. The number of carbonyl (C=O) groups is 1. The average molecular weight is 273 g/mol. The third-order valence-electron chi connectivity index (χ3n) is 2.88. The molecule has 4 nitrogen and oxygen atoms in total. The fourth-order valence-corrected chi connectivity index (χ4v) is 1.90. The molecule has 0 radical (unpaired) electrons. The van der Waals surface area contributed by atoms with Crippen LogP contribution >= 0.6 is 24.8 Å². The van der Waals surface area contributed by atoms with Gasteiger partial charge in [-0.3, -0.25) is 4.79 Å². The van der Waals surface area contributed by atoms with Crippen molar-refractivity contribution in [1.29, 1.82) is 0 Å². The summed E-state index contributed by atoms with van der Waals surface area (Å²) < 4.78 is 4.71. The predicted octanol–water partition coefficient (Wildman–Crippen LogP) is 1.21. The zero-order valence-corrected chi connectivity index (χ0v) is 11.5. The van der Waals surface area contributed by atoms with Gasteiger partial charge in [0.05, 0.1) is 7.11 Å². The summed E-state index contributed by atoms with van der Waals surface area (Å²) in [6, 6.07) is 0. The predicted molar refractivity (Wildman–Crippen MR) is 69.4 cm³/mol. The van der Waals surface area contributed by atoms with Gasteiger partial charge in [0, 0.05) is 13.1 Å². The maximum atomic E-state index is 11.4. The van der Waals surface area contributed by atoms with E-state index in [1.54, 1.807) is 0 Å². The second-order valence-corrected chi connectivity index (χ2v) is 3.99. The zero-order chi connectivity index (χ0) is 10.6. The summed E-state index contributed by atoms with van der Waals surface area (Å²) in [6.45, 7) is 5.06. The number of hydrogen-bond acceptors (Lipinski definition) is 4. The largest absolute Gasteiger partial charge is 0.468 e. The summed E-state index contributed by atoms with van der Waals surface area (Å²) >= 11 is 0. The highest BCUT2D eigenvalue weighted by atomic mass is 35.5. The number of esters is 1. The van der Waals surface area contributed by atoms with E-state index in [0.717, 1.165) is 26.1 Å². The van der Waals surface area contributed by atoms with Crippen LogP contribution < -0.4 is 5.73 Å². The summed E-state index contributed by atoms with van der Waals surface area (Å²) in [5, 5.41) is 0. The van der Waals surface area contributed by atoms with Gasteiger partial charge in [0.15, 0.2) is 0 Å². The topological polar surface area (TPSA) is 55.6 Å². The lowest BCUT2D eigenvalue weighted by atomic mass is 9.89. The monoisotopic (exact) mass is 272 g/mol. The number of halogens is 2. The number of carbonyl (C=O) groups excluding carboxylic acids is 1. The van der Waals surface area contributed by atoms with Gasteiger partial charge in [-0.05, 0) is 25.8 Å². The SMILES string of the molecule is CCCN1CCC(N)(C(=O)OC)CC1.Cl.Cl. The molecule has 2 N–H and O–H groups in total. The van der Waals surface area contributed by atoms with Gasteiger partial charge in [0.1, 0.15) is 5.54 Å². The van der Waals surface area contributed by atoms with Crippen molar-refractivity contribution in [3.05, 3.63) is 0 Å². The minimum Gasteiger partial charge on any atom is -0.468 e. The molecule has 1 rings (SSSR count). The molecule has 1 aliphatic heterocycles. The zero-order valence-electron chi connectivity index (χ0n) is 9.90. The molecule has 1 saturated heterocycles. The maximum Gasteiger partial charge on any atom is 0.325 e. The summed E-state index contributed by atoms with van der Waals surface area (Å²) in [4.78, 5) is 13.7. The van der Waals surface area contributed by atoms with E-state index in [4.69, 9.17) is 10.5 Å². The van der Waals surface area contributed by atoms with Gasteiger partial charge in [0.2, 0.25) is 0 Å². The smallest absolute Gasteiger partial charge is 0.325 e. The number of nitrogens with two attached hydrogens (primary N) is 1. The lowest BCUT2D eigenvalue weighted by Crippen LogP contribution is -2.56. The van der Waals surface area contributed by atoms with Crippen LogP contribution in [-0.4, -0.2) is 43.2 Å². The Labute approximate surface area is 110 Å². The first-order chi connectivity index (χ1) is 6.62. The molecular formula is C10H22Cl2N2O2. The normalized spacial score (nSPS) is 19.2. The second kappa shape index (κ2) is 8.12. The van der Waals surface area contributed by atoms with Crippen LogP contribution in [0.2, 0.25) is 0 Å². The Hall–Kier alpha value is -0.0300. The Morgan fingerprint density at radius 2 is 1.88 bits per heavy atom. The van der Waals surface area contributed by atoms with Gasteiger partial charge in [-0.25, -0.2) is 0 Å². The van der Waals surface area contributed by atoms with E-state index in [-0.39, 0.29) is 30.8 Å². The summed E-state index contributed by atoms with van der Waals surface area (Å²) in [6.07, 6.45) is 2.56. The molecule has 0 atom stereocenters. The Balaban J connectivity index is 0. The molecule has 0 saturated carbocycles. The van der Waals surface area contributed by atoms with E-state index in [2.05, 4.69) is 11.8 Å². The lowest BCUT2D eigenvalue weighted by molar-refractivity contribution is -0.149. The summed E-state index contributed by atoms with van der Waals surface area (Å²) in [5.74, 6) is -0.270. The number of nitrogens with zero attached hydrogens (tertiary/aromatic N) is 1. The van der Waals surface area contributed by atoms with Crippen LogP contribution in [0.3, 0.4) is 0 Å². The molecule has 0 aromatic rings. The van der Waals surface area contributed by atoms with Crippen molar-refractivity contribution in [3.8, 4) is 0 Å². The fraction of sp³-hybridized carbons (Fsp3) is 0.900. The van der Waals surface area contributed by atoms with Crippen LogP contribution in [0.1, 0.15) is 26.2 Å². The molecule has 0 aromatic carbocycles. The van der Waals surface area contributed by atoms with E-state index in [0.29, 0.717) is 12.8 Å². The Kier molecular flexibility index (Phi) is 9.30. The van der Waals surface area contributed by atoms with Gasteiger partial charge in [0.25, 0.3) is 0 Å². The van der Waals surface area contributed by atoms with E-state index >= 15 is 0 Å². The minimum atomic E-state index is -0.737. The minimum absolute atomic E-state index is 0. The molecule has 98 valence electrons. The van der Waals surface area contributed by atoms with Gasteiger partial charge in [-0.2, -0.15) is 0 Å².